The third kappa shape index (κ3) is 4.21. The van der Waals surface area contributed by atoms with Gasteiger partial charge in [-0.15, -0.1) is 0 Å². The summed E-state index contributed by atoms with van der Waals surface area (Å²) in [6.45, 7) is 12.0. The first-order valence-electron chi connectivity index (χ1n) is 20.0. The fourth-order valence-electron chi connectivity index (χ4n) is 12.7. The van der Waals surface area contributed by atoms with Gasteiger partial charge in [0.25, 0.3) is 5.56 Å². The van der Waals surface area contributed by atoms with Crippen molar-refractivity contribution in [2.24, 2.45) is 27.6 Å². The number of esters is 1. The van der Waals surface area contributed by atoms with E-state index in [0.717, 1.165) is 41.4 Å². The summed E-state index contributed by atoms with van der Waals surface area (Å²) >= 11 is 0. The maximum absolute atomic E-state index is 14.0. The normalized spacial score (nSPS) is 36.2. The average molecular weight is 771 g/mol. The van der Waals surface area contributed by atoms with E-state index >= 15 is 0 Å². The van der Waals surface area contributed by atoms with Crippen LogP contribution in [0, 0.1) is 27.6 Å². The van der Waals surface area contributed by atoms with Gasteiger partial charge in [-0.3, -0.25) is 14.4 Å². The van der Waals surface area contributed by atoms with Gasteiger partial charge in [0.15, 0.2) is 17.1 Å². The monoisotopic (exact) mass is 770 g/mol. The molecule has 0 radical (unpaired) electrons. The number of aliphatic hydroxyl groups is 2. The molecule has 4 aromatic rings. The molecule has 11 nitrogen and oxygen atoms in total. The van der Waals surface area contributed by atoms with E-state index in [-0.39, 0.29) is 59.3 Å². The molecule has 7 aliphatic rings. The molecule has 8 unspecified atom stereocenters. The molecule has 1 saturated heterocycles. The molecule has 11 rings (SSSR count). The van der Waals surface area contributed by atoms with Crippen LogP contribution >= 0.6 is 0 Å². The van der Waals surface area contributed by atoms with Gasteiger partial charge < -0.3 is 28.7 Å². The van der Waals surface area contributed by atoms with E-state index in [1.165, 1.54) is 5.56 Å². The number of para-hydroxylation sites is 1. The Labute approximate surface area is 329 Å². The molecule has 2 saturated carbocycles. The van der Waals surface area contributed by atoms with Crippen LogP contribution in [0.5, 0.6) is 0 Å². The number of hydrogen-bond acceptors (Lipinski definition) is 10. The van der Waals surface area contributed by atoms with Crippen LogP contribution in [0.15, 0.2) is 87.7 Å². The first kappa shape index (κ1) is 36.2. The number of fused-ring (bicyclic) bond motifs is 8. The third-order valence-corrected chi connectivity index (χ3v) is 15.6. The summed E-state index contributed by atoms with van der Waals surface area (Å²) in [4.78, 5) is 56.6. The second-order valence-electron chi connectivity index (χ2n) is 18.3. The van der Waals surface area contributed by atoms with E-state index in [1.807, 2.05) is 69.5 Å². The van der Waals surface area contributed by atoms with Gasteiger partial charge in [-0.25, -0.2) is 9.78 Å². The van der Waals surface area contributed by atoms with E-state index in [4.69, 9.17) is 18.9 Å². The Morgan fingerprint density at radius 2 is 1.79 bits per heavy atom. The Balaban J connectivity index is 0.000000141. The van der Waals surface area contributed by atoms with Crippen molar-refractivity contribution >= 4 is 28.4 Å². The maximum Gasteiger partial charge on any atom is 0.343 e. The van der Waals surface area contributed by atoms with Gasteiger partial charge >= 0.3 is 5.97 Å². The molecule has 57 heavy (non-hydrogen) atoms. The first-order valence-corrected chi connectivity index (χ1v) is 20.0. The van der Waals surface area contributed by atoms with E-state index in [0.29, 0.717) is 28.9 Å². The van der Waals surface area contributed by atoms with Crippen LogP contribution in [0.1, 0.15) is 95.4 Å². The van der Waals surface area contributed by atoms with Crippen LogP contribution in [-0.2, 0) is 42.6 Å². The zero-order valence-electron chi connectivity index (χ0n) is 33.0. The van der Waals surface area contributed by atoms with E-state index in [1.54, 1.807) is 29.9 Å². The lowest BCUT2D eigenvalue weighted by atomic mass is 9.39. The van der Waals surface area contributed by atoms with Crippen molar-refractivity contribution in [2.75, 3.05) is 0 Å². The van der Waals surface area contributed by atoms with Gasteiger partial charge in [-0.1, -0.05) is 45.0 Å². The van der Waals surface area contributed by atoms with Crippen molar-refractivity contribution in [1.29, 1.82) is 0 Å². The minimum Gasteiger partial charge on any atom is -0.504 e. The number of ether oxygens (including phenoxy) is 2. The van der Waals surface area contributed by atoms with Crippen LogP contribution in [0.2, 0.25) is 0 Å². The number of furan rings is 1. The summed E-state index contributed by atoms with van der Waals surface area (Å²) in [6, 6.07) is 13.6. The van der Waals surface area contributed by atoms with Crippen LogP contribution in [0.3, 0.4) is 0 Å². The summed E-state index contributed by atoms with van der Waals surface area (Å²) in [5.41, 5.74) is 0.414. The highest BCUT2D eigenvalue weighted by atomic mass is 16.6. The highest BCUT2D eigenvalue weighted by Crippen LogP contribution is 2.81. The van der Waals surface area contributed by atoms with Crippen molar-refractivity contribution in [3.05, 3.63) is 111 Å². The number of aliphatic hydroxyl groups excluding tert-OH is 1. The number of pyridine rings is 2. The number of ketones is 2. The molecule has 294 valence electrons. The summed E-state index contributed by atoms with van der Waals surface area (Å²) in [7, 11) is 0. The van der Waals surface area contributed by atoms with Gasteiger partial charge in [0.05, 0.1) is 58.5 Å². The van der Waals surface area contributed by atoms with Crippen LogP contribution in [-0.4, -0.2) is 49.0 Å². The average Bonchev–Trinajstić information content (AvgIpc) is 3.43. The molecule has 3 aliphatic heterocycles. The number of aromatic nitrogens is 2. The van der Waals surface area contributed by atoms with E-state index < -0.39 is 33.4 Å². The Kier molecular flexibility index (Phi) is 7.17. The molecule has 3 fully saturated rings. The van der Waals surface area contributed by atoms with Crippen molar-refractivity contribution in [2.45, 2.75) is 104 Å². The lowest BCUT2D eigenvalue weighted by Gasteiger charge is -2.62. The number of rotatable bonds is 2. The molecule has 1 spiro atoms. The van der Waals surface area contributed by atoms with Gasteiger partial charge in [-0.05, 0) is 99.8 Å². The summed E-state index contributed by atoms with van der Waals surface area (Å²) in [6.07, 6.45) is 9.90. The number of cyclic esters (lactones) is 1. The number of hydrogen-bond donors (Lipinski definition) is 2. The number of carbonyl (C=O) groups excluding carboxylic acids is 3. The van der Waals surface area contributed by atoms with E-state index in [9.17, 15) is 29.4 Å². The molecule has 2 N–H and O–H groups in total. The first-order chi connectivity index (χ1) is 27.0. The molecule has 1 aromatic carbocycles. The predicted molar refractivity (Wildman–Crippen MR) is 208 cm³/mol. The molecule has 4 aliphatic carbocycles. The van der Waals surface area contributed by atoms with Gasteiger partial charge in [-0.2, -0.15) is 0 Å². The lowest BCUT2D eigenvalue weighted by molar-refractivity contribution is -0.172. The topological polar surface area (TPSA) is 161 Å². The molecule has 3 aromatic heterocycles. The zero-order valence-corrected chi connectivity index (χ0v) is 33.0. The van der Waals surface area contributed by atoms with Crippen molar-refractivity contribution < 1.29 is 38.5 Å². The van der Waals surface area contributed by atoms with E-state index in [2.05, 4.69) is 13.8 Å². The fourth-order valence-corrected chi connectivity index (χ4v) is 12.7. The highest BCUT2D eigenvalue weighted by Gasteiger charge is 2.87. The minimum atomic E-state index is -1.79. The minimum absolute atomic E-state index is 0.00527. The van der Waals surface area contributed by atoms with Crippen LogP contribution in [0.25, 0.3) is 22.3 Å². The van der Waals surface area contributed by atoms with Crippen molar-refractivity contribution in [3.63, 3.8) is 0 Å². The van der Waals surface area contributed by atoms with Gasteiger partial charge in [0.2, 0.25) is 5.78 Å². The molecular weight excluding hydrogens is 725 g/mol. The molecule has 11 heteroatoms. The highest BCUT2D eigenvalue weighted by molar-refractivity contribution is 6.06. The van der Waals surface area contributed by atoms with Crippen molar-refractivity contribution in [1.82, 2.24) is 9.55 Å². The van der Waals surface area contributed by atoms with Gasteiger partial charge in [0.1, 0.15) is 12.2 Å². The Hall–Kier alpha value is -5.13. The van der Waals surface area contributed by atoms with Gasteiger partial charge in [0, 0.05) is 27.3 Å². The predicted octanol–water partition coefficient (Wildman–Crippen LogP) is 6.97. The Morgan fingerprint density at radius 3 is 2.53 bits per heavy atom. The number of allylic oxidation sites excluding steroid dienone is 4. The SMILES string of the molecule is CC1(C)C(=O)C=CC2(C)C1=C(O)C(=O)C1(C)C2CCC2(C)C(c3ccoc3)CC3OC321.CCC1(O)C(=O)OCc2c1cc1n(c2=O)Cc2cc3ccccc3nc2-1. The molecule has 6 heterocycles. The smallest absolute Gasteiger partial charge is 0.343 e. The zero-order chi connectivity index (χ0) is 40.2. The number of benzene rings is 1. The second-order valence-corrected chi connectivity index (χ2v) is 18.3. The molecular formula is C46H46N2O9. The number of epoxide rings is 1. The number of carbonyl (C=O) groups is 3. The summed E-state index contributed by atoms with van der Waals surface area (Å²) < 4.78 is 18.6. The van der Waals surface area contributed by atoms with Crippen molar-refractivity contribution in [3.8, 4) is 11.4 Å². The second kappa shape index (κ2) is 11.3. The Bertz CT molecular complexity index is 2620. The molecule has 0 bridgehead atoms. The largest absolute Gasteiger partial charge is 0.504 e. The third-order valence-electron chi connectivity index (χ3n) is 15.6. The summed E-state index contributed by atoms with van der Waals surface area (Å²) in [5, 5.41) is 23.2. The quantitative estimate of drug-likeness (QED) is 0.142. The number of nitrogens with zero attached hydrogens (tertiary/aromatic N) is 2. The van der Waals surface area contributed by atoms with Crippen LogP contribution < -0.4 is 5.56 Å². The number of Topliss-reactive ketones (excluding diaryl/α,β-unsaturated/α-hetero) is 1. The molecule has 8 atom stereocenters. The standard InChI is InChI=1S/C26H30O5.C20H16N2O4/c1-22(2)17(27)7-9-23(3)16-6-10-24(4)15(14-8-11-30-13-14)12-18-26(24,31-18)25(16,5)21(29)19(28)20(22)23;1-2-20(25)14-8-16-17-12(7-11-5-3-4-6-15(11)21-17)9-22(16)18(23)13(14)10-26-19(20)24/h7-9,11,13,15-16,18,28H,6,10,12H2,1-5H3;3-8,25H,2,9-10H2,1H3. The molecule has 0 amide bonds. The Morgan fingerprint density at radius 1 is 1.02 bits per heavy atom. The fraction of sp³-hybridized carbons (Fsp3) is 0.457. The van der Waals surface area contributed by atoms with Crippen LogP contribution in [0.4, 0.5) is 0 Å². The maximum atomic E-state index is 14.0. The lowest BCUT2D eigenvalue weighted by Crippen LogP contribution is -2.66. The summed E-state index contributed by atoms with van der Waals surface area (Å²) in [5.74, 6) is -1.02.